The first-order valence-corrected chi connectivity index (χ1v) is 4.81. The van der Waals surface area contributed by atoms with Crippen LogP contribution in [0.4, 0.5) is 13.2 Å². The van der Waals surface area contributed by atoms with Gasteiger partial charge in [0.15, 0.2) is 23.2 Å². The topological polar surface area (TPSA) is 26.3 Å². The van der Waals surface area contributed by atoms with Crippen molar-refractivity contribution in [2.45, 2.75) is 13.3 Å². The van der Waals surface area contributed by atoms with Crippen LogP contribution in [0.25, 0.3) is 0 Å². The average molecular weight is 232 g/mol. The molecule has 0 aliphatic heterocycles. The van der Waals surface area contributed by atoms with Crippen LogP contribution in [0.1, 0.15) is 23.7 Å². The highest BCUT2D eigenvalue weighted by atomic mass is 19.2. The van der Waals surface area contributed by atoms with Gasteiger partial charge in [0.25, 0.3) is 0 Å². The number of ether oxygens (including phenoxy) is 1. The first kappa shape index (κ1) is 12.7. The third kappa shape index (κ3) is 3.06. The number of hydrogen-bond acceptors (Lipinski definition) is 2. The van der Waals surface area contributed by atoms with Gasteiger partial charge < -0.3 is 4.74 Å². The molecule has 1 rings (SSSR count). The van der Waals surface area contributed by atoms with E-state index in [1.54, 1.807) is 0 Å². The Morgan fingerprint density at radius 3 is 2.31 bits per heavy atom. The molecule has 0 N–H and O–H groups in total. The van der Waals surface area contributed by atoms with Crippen LogP contribution in [0.5, 0.6) is 0 Å². The lowest BCUT2D eigenvalue weighted by Crippen LogP contribution is -2.11. The molecule has 0 aliphatic carbocycles. The molecule has 88 valence electrons. The van der Waals surface area contributed by atoms with Gasteiger partial charge in [0, 0.05) is 12.2 Å². The maximum atomic E-state index is 12.8. The van der Waals surface area contributed by atoms with Crippen molar-refractivity contribution in [2.24, 2.45) is 0 Å². The molecule has 0 heterocycles. The lowest BCUT2D eigenvalue weighted by Gasteiger charge is -2.03. The van der Waals surface area contributed by atoms with Gasteiger partial charge in [-0.25, -0.2) is 13.2 Å². The zero-order valence-electron chi connectivity index (χ0n) is 8.73. The lowest BCUT2D eigenvalue weighted by molar-refractivity contribution is 0.0760. The minimum absolute atomic E-state index is 0.229. The van der Waals surface area contributed by atoms with Crippen LogP contribution in [-0.2, 0) is 4.74 Å². The van der Waals surface area contributed by atoms with Gasteiger partial charge in [0.2, 0.25) is 0 Å². The fourth-order valence-electron chi connectivity index (χ4n) is 1.11. The summed E-state index contributed by atoms with van der Waals surface area (Å²) < 4.78 is 43.1. The number of hydrogen-bond donors (Lipinski definition) is 0. The van der Waals surface area contributed by atoms with Crippen molar-refractivity contribution in [2.75, 3.05) is 13.2 Å². The molecule has 5 heteroatoms. The smallest absolute Gasteiger partial charge is 0.194 e. The van der Waals surface area contributed by atoms with E-state index in [0.717, 1.165) is 6.42 Å². The number of rotatable bonds is 5. The Balaban J connectivity index is 2.76. The second-order valence-electron chi connectivity index (χ2n) is 3.23. The SMILES string of the molecule is CCCOCC(=O)c1cc(F)c(F)c(F)c1. The fraction of sp³-hybridized carbons (Fsp3) is 0.364. The number of carbonyl (C=O) groups excluding carboxylic acids is 1. The minimum atomic E-state index is -1.58. The van der Waals surface area contributed by atoms with E-state index in [9.17, 15) is 18.0 Å². The Morgan fingerprint density at radius 2 is 1.81 bits per heavy atom. The molecule has 0 bridgehead atoms. The van der Waals surface area contributed by atoms with Crippen molar-refractivity contribution < 1.29 is 22.7 Å². The van der Waals surface area contributed by atoms with E-state index in [0.29, 0.717) is 18.7 Å². The quantitative estimate of drug-likeness (QED) is 0.443. The van der Waals surface area contributed by atoms with Gasteiger partial charge in [-0.3, -0.25) is 4.79 Å². The molecular weight excluding hydrogens is 221 g/mol. The number of ketones is 1. The van der Waals surface area contributed by atoms with Gasteiger partial charge in [0.1, 0.15) is 6.61 Å². The van der Waals surface area contributed by atoms with Crippen molar-refractivity contribution in [3.63, 3.8) is 0 Å². The molecule has 0 fully saturated rings. The number of halogens is 3. The summed E-state index contributed by atoms with van der Waals surface area (Å²) >= 11 is 0. The standard InChI is InChI=1S/C11H11F3O2/c1-2-3-16-6-10(15)7-4-8(12)11(14)9(13)5-7/h4-5H,2-3,6H2,1H3. The van der Waals surface area contributed by atoms with E-state index in [1.165, 1.54) is 0 Å². The summed E-state index contributed by atoms with van der Waals surface area (Å²) in [7, 11) is 0. The van der Waals surface area contributed by atoms with E-state index >= 15 is 0 Å². The average Bonchev–Trinajstić information content (AvgIpc) is 2.25. The van der Waals surface area contributed by atoms with E-state index in [4.69, 9.17) is 4.74 Å². The van der Waals surface area contributed by atoms with E-state index in [1.807, 2.05) is 6.92 Å². The summed E-state index contributed by atoms with van der Waals surface area (Å²) in [5, 5.41) is 0. The molecule has 0 radical (unpaired) electrons. The highest BCUT2D eigenvalue weighted by Gasteiger charge is 2.14. The summed E-state index contributed by atoms with van der Waals surface area (Å²) in [5.74, 6) is -4.91. The monoisotopic (exact) mass is 232 g/mol. The molecule has 0 spiro atoms. The fourth-order valence-corrected chi connectivity index (χ4v) is 1.11. The minimum Gasteiger partial charge on any atom is -0.373 e. The Bertz CT molecular complexity index is 368. The van der Waals surface area contributed by atoms with Gasteiger partial charge in [-0.05, 0) is 18.6 Å². The van der Waals surface area contributed by atoms with Gasteiger partial charge in [0.05, 0.1) is 0 Å². The van der Waals surface area contributed by atoms with Crippen LogP contribution < -0.4 is 0 Å². The first-order chi connectivity index (χ1) is 7.56. The van der Waals surface area contributed by atoms with Crippen LogP contribution in [0.3, 0.4) is 0 Å². The Labute approximate surface area is 91.0 Å². The maximum Gasteiger partial charge on any atom is 0.194 e. The number of Topliss-reactive ketones (excluding diaryl/α,β-unsaturated/α-hetero) is 1. The van der Waals surface area contributed by atoms with E-state index in [-0.39, 0.29) is 12.2 Å². The maximum absolute atomic E-state index is 12.8. The summed E-state index contributed by atoms with van der Waals surface area (Å²) in [6.07, 6.45) is 0.736. The molecule has 0 amide bonds. The molecule has 0 aliphatic rings. The Morgan fingerprint density at radius 1 is 1.25 bits per heavy atom. The molecule has 1 aromatic rings. The molecule has 2 nitrogen and oxygen atoms in total. The highest BCUT2D eigenvalue weighted by Crippen LogP contribution is 2.14. The van der Waals surface area contributed by atoms with Crippen LogP contribution >= 0.6 is 0 Å². The van der Waals surface area contributed by atoms with Crippen molar-refractivity contribution >= 4 is 5.78 Å². The van der Waals surface area contributed by atoms with Crippen LogP contribution in [0.2, 0.25) is 0 Å². The highest BCUT2D eigenvalue weighted by molar-refractivity contribution is 5.97. The van der Waals surface area contributed by atoms with E-state index in [2.05, 4.69) is 0 Å². The third-order valence-electron chi connectivity index (χ3n) is 1.89. The zero-order chi connectivity index (χ0) is 12.1. The molecule has 16 heavy (non-hydrogen) atoms. The van der Waals surface area contributed by atoms with Gasteiger partial charge in [-0.2, -0.15) is 0 Å². The summed E-state index contributed by atoms with van der Waals surface area (Å²) in [4.78, 5) is 11.4. The Hall–Kier alpha value is -1.36. The normalized spacial score (nSPS) is 10.5. The second-order valence-corrected chi connectivity index (χ2v) is 3.23. The van der Waals surface area contributed by atoms with Gasteiger partial charge in [-0.15, -0.1) is 0 Å². The van der Waals surface area contributed by atoms with Gasteiger partial charge in [-0.1, -0.05) is 6.92 Å². The zero-order valence-corrected chi connectivity index (χ0v) is 8.73. The second kappa shape index (κ2) is 5.65. The number of carbonyl (C=O) groups is 1. The van der Waals surface area contributed by atoms with Crippen molar-refractivity contribution in [3.8, 4) is 0 Å². The molecule has 0 saturated heterocycles. The molecule has 1 aromatic carbocycles. The van der Waals surface area contributed by atoms with Crippen LogP contribution in [0, 0.1) is 17.5 Å². The lowest BCUT2D eigenvalue weighted by atomic mass is 10.1. The first-order valence-electron chi connectivity index (χ1n) is 4.81. The number of benzene rings is 1. The summed E-state index contributed by atoms with van der Waals surface area (Å²) in [6, 6.07) is 1.33. The summed E-state index contributed by atoms with van der Waals surface area (Å²) in [5.41, 5.74) is -0.229. The van der Waals surface area contributed by atoms with Crippen LogP contribution in [0.15, 0.2) is 12.1 Å². The largest absolute Gasteiger partial charge is 0.373 e. The summed E-state index contributed by atoms with van der Waals surface area (Å²) in [6.45, 7) is 1.98. The molecular formula is C11H11F3O2. The van der Waals surface area contributed by atoms with Gasteiger partial charge >= 0.3 is 0 Å². The molecule has 0 unspecified atom stereocenters. The molecule has 0 aromatic heterocycles. The van der Waals surface area contributed by atoms with Crippen molar-refractivity contribution in [3.05, 3.63) is 35.1 Å². The van der Waals surface area contributed by atoms with Crippen molar-refractivity contribution in [1.82, 2.24) is 0 Å². The van der Waals surface area contributed by atoms with E-state index < -0.39 is 23.2 Å². The molecule has 0 saturated carbocycles. The predicted octanol–water partition coefficient (Wildman–Crippen LogP) is 2.71. The Kier molecular flexibility index (Phi) is 4.49. The third-order valence-corrected chi connectivity index (χ3v) is 1.89. The predicted molar refractivity (Wildman–Crippen MR) is 51.8 cm³/mol. The van der Waals surface area contributed by atoms with Crippen molar-refractivity contribution in [1.29, 1.82) is 0 Å². The molecule has 0 atom stereocenters. The van der Waals surface area contributed by atoms with Crippen LogP contribution in [-0.4, -0.2) is 19.0 Å².